The maximum absolute atomic E-state index is 11.9. The zero-order valence-electron chi connectivity index (χ0n) is 11.7. The average molecular weight is 341 g/mol. The van der Waals surface area contributed by atoms with E-state index in [1.54, 1.807) is 6.07 Å². The molecule has 1 fully saturated rings. The van der Waals surface area contributed by atoms with Gasteiger partial charge in [-0.25, -0.2) is 8.42 Å². The number of benzene rings is 1. The Morgan fingerprint density at radius 3 is 2.59 bits per heavy atom. The van der Waals surface area contributed by atoms with Crippen molar-refractivity contribution in [2.24, 2.45) is 0 Å². The van der Waals surface area contributed by atoms with Gasteiger partial charge < -0.3 is 4.52 Å². The standard InChI is InChI=1S/C14H13ClN2O4S/c1-9-2-4-10(5-3-9)12-7-14(21-16-12)17-8-11(6-13(17)18)22(15,19)20/h2-5,7,11H,6,8H2,1H3. The zero-order valence-corrected chi connectivity index (χ0v) is 13.3. The molecular formula is C14H13ClN2O4S. The Hall–Kier alpha value is -1.86. The molecule has 0 aliphatic carbocycles. The van der Waals surface area contributed by atoms with Gasteiger partial charge in [0, 0.05) is 35.3 Å². The topological polar surface area (TPSA) is 80.5 Å². The van der Waals surface area contributed by atoms with Gasteiger partial charge in [0.1, 0.15) is 10.9 Å². The van der Waals surface area contributed by atoms with Gasteiger partial charge in [-0.15, -0.1) is 0 Å². The van der Waals surface area contributed by atoms with Crippen LogP contribution in [0.1, 0.15) is 12.0 Å². The summed E-state index contributed by atoms with van der Waals surface area (Å²) in [5.41, 5.74) is 2.56. The quantitative estimate of drug-likeness (QED) is 0.801. The summed E-state index contributed by atoms with van der Waals surface area (Å²) in [4.78, 5) is 13.2. The molecule has 116 valence electrons. The molecule has 0 radical (unpaired) electrons. The molecule has 1 aromatic carbocycles. The third kappa shape index (κ3) is 2.86. The minimum absolute atomic E-state index is 0.0206. The number of aryl methyl sites for hydroxylation is 1. The highest BCUT2D eigenvalue weighted by atomic mass is 35.7. The number of anilines is 1. The Kier molecular flexibility index (Phi) is 3.70. The second-order valence-electron chi connectivity index (χ2n) is 5.22. The monoisotopic (exact) mass is 340 g/mol. The van der Waals surface area contributed by atoms with Crippen LogP contribution in [0, 0.1) is 6.92 Å². The van der Waals surface area contributed by atoms with Crippen LogP contribution in [-0.4, -0.2) is 31.3 Å². The van der Waals surface area contributed by atoms with Gasteiger partial charge in [-0.1, -0.05) is 35.0 Å². The first-order valence-electron chi connectivity index (χ1n) is 6.62. The van der Waals surface area contributed by atoms with E-state index in [-0.39, 0.29) is 24.8 Å². The fraction of sp³-hybridized carbons (Fsp3) is 0.286. The maximum Gasteiger partial charge on any atom is 0.237 e. The molecule has 1 atom stereocenters. The lowest BCUT2D eigenvalue weighted by Crippen LogP contribution is -2.26. The van der Waals surface area contributed by atoms with Crippen molar-refractivity contribution in [3.63, 3.8) is 0 Å². The zero-order chi connectivity index (χ0) is 15.9. The van der Waals surface area contributed by atoms with Crippen LogP contribution >= 0.6 is 10.7 Å². The molecule has 1 aromatic heterocycles. The summed E-state index contributed by atoms with van der Waals surface area (Å²) in [6.07, 6.45) is -0.146. The summed E-state index contributed by atoms with van der Waals surface area (Å²) in [5.74, 6) is -0.121. The predicted octanol–water partition coefficient (Wildman–Crippen LogP) is 2.32. The number of amides is 1. The largest absolute Gasteiger partial charge is 0.338 e. The van der Waals surface area contributed by atoms with Crippen LogP contribution in [0.5, 0.6) is 0 Å². The van der Waals surface area contributed by atoms with E-state index in [2.05, 4.69) is 5.16 Å². The van der Waals surface area contributed by atoms with E-state index in [0.717, 1.165) is 11.1 Å². The minimum atomic E-state index is -3.78. The van der Waals surface area contributed by atoms with E-state index in [1.807, 2.05) is 31.2 Å². The van der Waals surface area contributed by atoms with Gasteiger partial charge in [-0.3, -0.25) is 9.69 Å². The summed E-state index contributed by atoms with van der Waals surface area (Å²) in [6.45, 7) is 1.96. The molecule has 8 heteroatoms. The number of rotatable bonds is 3. The molecule has 0 saturated carbocycles. The summed E-state index contributed by atoms with van der Waals surface area (Å²) >= 11 is 0. The van der Waals surface area contributed by atoms with Crippen LogP contribution in [0.25, 0.3) is 11.3 Å². The second kappa shape index (κ2) is 5.40. The first-order chi connectivity index (χ1) is 10.3. The molecule has 3 rings (SSSR count). The van der Waals surface area contributed by atoms with Crippen molar-refractivity contribution < 1.29 is 17.7 Å². The first kappa shape index (κ1) is 15.1. The molecule has 2 heterocycles. The van der Waals surface area contributed by atoms with Gasteiger partial charge in [-0.2, -0.15) is 0 Å². The van der Waals surface area contributed by atoms with E-state index in [0.29, 0.717) is 5.69 Å². The minimum Gasteiger partial charge on any atom is -0.338 e. The molecule has 1 amide bonds. The average Bonchev–Trinajstić information content (AvgIpc) is 3.05. The molecule has 0 N–H and O–H groups in total. The van der Waals surface area contributed by atoms with Crippen molar-refractivity contribution in [2.75, 3.05) is 11.4 Å². The number of hydrogen-bond donors (Lipinski definition) is 0. The van der Waals surface area contributed by atoms with Gasteiger partial charge in [0.2, 0.25) is 20.8 Å². The summed E-state index contributed by atoms with van der Waals surface area (Å²) in [7, 11) is 1.54. The SMILES string of the molecule is Cc1ccc(-c2cc(N3CC(S(=O)(=O)Cl)CC3=O)on2)cc1. The lowest BCUT2D eigenvalue weighted by atomic mass is 10.1. The van der Waals surface area contributed by atoms with Crippen LogP contribution < -0.4 is 4.90 Å². The fourth-order valence-electron chi connectivity index (χ4n) is 2.33. The van der Waals surface area contributed by atoms with Gasteiger partial charge in [0.05, 0.1) is 0 Å². The second-order valence-corrected chi connectivity index (χ2v) is 8.13. The van der Waals surface area contributed by atoms with Gasteiger partial charge in [-0.05, 0) is 6.92 Å². The molecule has 1 saturated heterocycles. The summed E-state index contributed by atoms with van der Waals surface area (Å²) < 4.78 is 27.9. The molecule has 1 unspecified atom stereocenters. The third-order valence-electron chi connectivity index (χ3n) is 3.60. The molecule has 22 heavy (non-hydrogen) atoms. The van der Waals surface area contributed by atoms with Crippen LogP contribution in [0.15, 0.2) is 34.9 Å². The number of halogens is 1. The summed E-state index contributed by atoms with van der Waals surface area (Å²) in [6, 6.07) is 9.30. The number of carbonyl (C=O) groups excluding carboxylic acids is 1. The molecule has 1 aliphatic heterocycles. The molecule has 6 nitrogen and oxygen atoms in total. The molecule has 0 bridgehead atoms. The summed E-state index contributed by atoms with van der Waals surface area (Å²) in [5, 5.41) is 3.01. The van der Waals surface area contributed by atoms with Crippen LogP contribution in [0.2, 0.25) is 0 Å². The Balaban J connectivity index is 1.85. The number of carbonyl (C=O) groups is 1. The van der Waals surface area contributed by atoms with Crippen molar-refractivity contribution >= 4 is 31.5 Å². The fourth-order valence-corrected chi connectivity index (χ4v) is 3.36. The molecule has 2 aromatic rings. The van der Waals surface area contributed by atoms with E-state index in [9.17, 15) is 13.2 Å². The highest BCUT2D eigenvalue weighted by Gasteiger charge is 2.39. The van der Waals surface area contributed by atoms with Crippen molar-refractivity contribution in [2.45, 2.75) is 18.6 Å². The van der Waals surface area contributed by atoms with Crippen molar-refractivity contribution in [3.05, 3.63) is 35.9 Å². The van der Waals surface area contributed by atoms with Crippen molar-refractivity contribution in [3.8, 4) is 11.3 Å². The van der Waals surface area contributed by atoms with Crippen LogP contribution in [0.4, 0.5) is 5.88 Å². The number of nitrogens with zero attached hydrogens (tertiary/aromatic N) is 2. The van der Waals surface area contributed by atoms with Crippen molar-refractivity contribution in [1.82, 2.24) is 5.16 Å². The van der Waals surface area contributed by atoms with E-state index in [1.165, 1.54) is 4.90 Å². The maximum atomic E-state index is 11.9. The Bertz CT molecular complexity index is 814. The van der Waals surface area contributed by atoms with Crippen molar-refractivity contribution in [1.29, 1.82) is 0 Å². The van der Waals surface area contributed by atoms with Crippen LogP contribution in [0.3, 0.4) is 0 Å². The highest BCUT2D eigenvalue weighted by Crippen LogP contribution is 2.30. The van der Waals surface area contributed by atoms with Gasteiger partial charge in [0.15, 0.2) is 0 Å². The molecule has 1 aliphatic rings. The molecule has 0 spiro atoms. The van der Waals surface area contributed by atoms with Gasteiger partial charge in [0.25, 0.3) is 0 Å². The smallest absolute Gasteiger partial charge is 0.237 e. The third-order valence-corrected chi connectivity index (χ3v) is 5.47. The van der Waals surface area contributed by atoms with Gasteiger partial charge >= 0.3 is 0 Å². The molecular weight excluding hydrogens is 328 g/mol. The Morgan fingerprint density at radius 2 is 2.00 bits per heavy atom. The van der Waals surface area contributed by atoms with E-state index < -0.39 is 14.3 Å². The highest BCUT2D eigenvalue weighted by molar-refractivity contribution is 8.14. The lowest BCUT2D eigenvalue weighted by Gasteiger charge is -2.10. The van der Waals surface area contributed by atoms with Crippen LogP contribution in [-0.2, 0) is 13.8 Å². The predicted molar refractivity (Wildman–Crippen MR) is 82.2 cm³/mol. The normalized spacial score (nSPS) is 18.9. The first-order valence-corrected chi connectivity index (χ1v) is 8.99. The Morgan fingerprint density at radius 1 is 1.32 bits per heavy atom. The van der Waals surface area contributed by atoms with E-state index >= 15 is 0 Å². The number of aromatic nitrogens is 1. The number of hydrogen-bond acceptors (Lipinski definition) is 5. The van der Waals surface area contributed by atoms with E-state index in [4.69, 9.17) is 15.2 Å². The lowest BCUT2D eigenvalue weighted by molar-refractivity contribution is -0.117. The Labute approximate surface area is 132 Å².